The maximum absolute atomic E-state index is 11.9. The molecule has 0 bridgehead atoms. The van der Waals surface area contributed by atoms with E-state index in [0.29, 0.717) is 17.8 Å². The van der Waals surface area contributed by atoms with Crippen molar-refractivity contribution in [3.63, 3.8) is 0 Å². The summed E-state index contributed by atoms with van der Waals surface area (Å²) in [7, 11) is 1.79. The smallest absolute Gasteiger partial charge is 0.149 e. The Kier molecular flexibility index (Phi) is 3.98. The van der Waals surface area contributed by atoms with Crippen LogP contribution in [0.3, 0.4) is 0 Å². The zero-order valence-corrected chi connectivity index (χ0v) is 10.4. The SMILES string of the molecule is COC1CN(C2CCCCC2=O)CCC1C. The van der Waals surface area contributed by atoms with Crippen LogP contribution >= 0.6 is 0 Å². The summed E-state index contributed by atoms with van der Waals surface area (Å²) in [4.78, 5) is 14.2. The molecule has 0 spiro atoms. The van der Waals surface area contributed by atoms with E-state index < -0.39 is 0 Å². The van der Waals surface area contributed by atoms with Gasteiger partial charge in [-0.1, -0.05) is 13.3 Å². The molecule has 3 atom stereocenters. The van der Waals surface area contributed by atoms with E-state index in [4.69, 9.17) is 4.74 Å². The monoisotopic (exact) mass is 225 g/mol. The second-order valence-electron chi connectivity index (χ2n) is 5.26. The third-order valence-corrected chi connectivity index (χ3v) is 4.19. The van der Waals surface area contributed by atoms with Crippen LogP contribution in [0.4, 0.5) is 0 Å². The van der Waals surface area contributed by atoms with Crippen LogP contribution in [-0.2, 0) is 9.53 Å². The van der Waals surface area contributed by atoms with Gasteiger partial charge in [-0.2, -0.15) is 0 Å². The molecule has 16 heavy (non-hydrogen) atoms. The van der Waals surface area contributed by atoms with E-state index in [1.165, 1.54) is 6.42 Å². The molecule has 0 aromatic heterocycles. The van der Waals surface area contributed by atoms with Crippen molar-refractivity contribution < 1.29 is 9.53 Å². The molecule has 1 saturated carbocycles. The van der Waals surface area contributed by atoms with Gasteiger partial charge in [-0.25, -0.2) is 0 Å². The minimum Gasteiger partial charge on any atom is -0.380 e. The topological polar surface area (TPSA) is 29.5 Å². The van der Waals surface area contributed by atoms with Gasteiger partial charge in [0.2, 0.25) is 0 Å². The number of likely N-dealkylation sites (tertiary alicyclic amines) is 1. The third-order valence-electron chi connectivity index (χ3n) is 4.19. The highest BCUT2D eigenvalue weighted by atomic mass is 16.5. The van der Waals surface area contributed by atoms with Crippen LogP contribution in [0.2, 0.25) is 0 Å². The van der Waals surface area contributed by atoms with Crippen LogP contribution in [0.1, 0.15) is 39.0 Å². The summed E-state index contributed by atoms with van der Waals surface area (Å²) < 4.78 is 5.51. The number of piperidine rings is 1. The van der Waals surface area contributed by atoms with Crippen molar-refractivity contribution in [3.05, 3.63) is 0 Å². The van der Waals surface area contributed by atoms with E-state index in [2.05, 4.69) is 11.8 Å². The van der Waals surface area contributed by atoms with Crippen LogP contribution in [0, 0.1) is 5.92 Å². The molecule has 2 aliphatic rings. The van der Waals surface area contributed by atoms with Crippen LogP contribution in [0.5, 0.6) is 0 Å². The van der Waals surface area contributed by atoms with Gasteiger partial charge in [0, 0.05) is 20.1 Å². The highest BCUT2D eigenvalue weighted by Crippen LogP contribution is 2.26. The molecular weight excluding hydrogens is 202 g/mol. The van der Waals surface area contributed by atoms with Crippen LogP contribution < -0.4 is 0 Å². The molecule has 1 saturated heterocycles. The second-order valence-corrected chi connectivity index (χ2v) is 5.26. The number of hydrogen-bond donors (Lipinski definition) is 0. The molecule has 0 radical (unpaired) electrons. The Balaban J connectivity index is 1.96. The van der Waals surface area contributed by atoms with Gasteiger partial charge in [0.15, 0.2) is 0 Å². The second kappa shape index (κ2) is 5.28. The lowest BCUT2D eigenvalue weighted by atomic mass is 9.89. The van der Waals surface area contributed by atoms with Crippen molar-refractivity contribution in [1.29, 1.82) is 0 Å². The quantitative estimate of drug-likeness (QED) is 0.718. The number of methoxy groups -OCH3 is 1. The molecule has 0 N–H and O–H groups in total. The van der Waals surface area contributed by atoms with Gasteiger partial charge in [0.1, 0.15) is 5.78 Å². The Morgan fingerprint density at radius 1 is 1.31 bits per heavy atom. The van der Waals surface area contributed by atoms with E-state index >= 15 is 0 Å². The Morgan fingerprint density at radius 2 is 2.12 bits per heavy atom. The molecular formula is C13H23NO2. The molecule has 3 nitrogen and oxygen atoms in total. The molecule has 0 amide bonds. The van der Waals surface area contributed by atoms with Crippen molar-refractivity contribution in [2.45, 2.75) is 51.2 Å². The standard InChI is InChI=1S/C13H23NO2/c1-10-7-8-14(9-13(10)16-2)11-5-3-4-6-12(11)15/h10-11,13H,3-9H2,1-2H3. The van der Waals surface area contributed by atoms with Gasteiger partial charge >= 0.3 is 0 Å². The summed E-state index contributed by atoms with van der Waals surface area (Å²) in [6.07, 6.45) is 5.61. The Bertz CT molecular complexity index is 254. The highest BCUT2D eigenvalue weighted by Gasteiger charge is 2.34. The molecule has 3 heteroatoms. The first-order chi connectivity index (χ1) is 7.72. The Morgan fingerprint density at radius 3 is 2.81 bits per heavy atom. The number of hydrogen-bond acceptors (Lipinski definition) is 3. The van der Waals surface area contributed by atoms with Crippen molar-refractivity contribution >= 4 is 5.78 Å². The average Bonchev–Trinajstić information content (AvgIpc) is 2.31. The van der Waals surface area contributed by atoms with Crippen LogP contribution in [0.25, 0.3) is 0 Å². The molecule has 0 aromatic rings. The van der Waals surface area contributed by atoms with Crippen LogP contribution in [0.15, 0.2) is 0 Å². The zero-order valence-electron chi connectivity index (χ0n) is 10.4. The molecule has 1 aliphatic heterocycles. The van der Waals surface area contributed by atoms with E-state index in [1.54, 1.807) is 7.11 Å². The molecule has 1 heterocycles. The van der Waals surface area contributed by atoms with E-state index in [1.807, 2.05) is 0 Å². The zero-order chi connectivity index (χ0) is 11.5. The van der Waals surface area contributed by atoms with Crippen molar-refractivity contribution in [3.8, 4) is 0 Å². The van der Waals surface area contributed by atoms with Gasteiger partial charge in [0.05, 0.1) is 12.1 Å². The van der Waals surface area contributed by atoms with Crippen LogP contribution in [-0.4, -0.2) is 43.0 Å². The largest absolute Gasteiger partial charge is 0.380 e. The summed E-state index contributed by atoms with van der Waals surface area (Å²) in [5.41, 5.74) is 0. The predicted molar refractivity (Wildman–Crippen MR) is 63.4 cm³/mol. The number of nitrogens with zero attached hydrogens (tertiary/aromatic N) is 1. The van der Waals surface area contributed by atoms with Gasteiger partial charge < -0.3 is 4.74 Å². The van der Waals surface area contributed by atoms with Gasteiger partial charge in [0.25, 0.3) is 0 Å². The third kappa shape index (κ3) is 2.46. The highest BCUT2D eigenvalue weighted by molar-refractivity contribution is 5.84. The molecule has 0 aromatic carbocycles. The first-order valence-corrected chi connectivity index (χ1v) is 6.52. The summed E-state index contributed by atoms with van der Waals surface area (Å²) >= 11 is 0. The summed E-state index contributed by atoms with van der Waals surface area (Å²) in [5.74, 6) is 1.08. The Hall–Kier alpha value is -0.410. The summed E-state index contributed by atoms with van der Waals surface area (Å²) in [5, 5.41) is 0. The van der Waals surface area contributed by atoms with E-state index in [0.717, 1.165) is 38.8 Å². The fraction of sp³-hybridized carbons (Fsp3) is 0.923. The predicted octanol–water partition coefficient (Wildman–Crippen LogP) is 1.85. The fourth-order valence-electron chi connectivity index (χ4n) is 3.00. The normalized spacial score (nSPS) is 37.6. The molecule has 2 fully saturated rings. The van der Waals surface area contributed by atoms with Gasteiger partial charge in [-0.05, 0) is 31.7 Å². The van der Waals surface area contributed by atoms with Gasteiger partial charge in [-0.15, -0.1) is 0 Å². The van der Waals surface area contributed by atoms with Crippen molar-refractivity contribution in [1.82, 2.24) is 4.90 Å². The first-order valence-electron chi connectivity index (χ1n) is 6.52. The van der Waals surface area contributed by atoms with Crippen molar-refractivity contribution in [2.24, 2.45) is 5.92 Å². The Labute approximate surface area is 98.1 Å². The molecule has 1 aliphatic carbocycles. The number of carbonyl (C=O) groups excluding carboxylic acids is 1. The minimum atomic E-state index is 0.193. The fourth-order valence-corrected chi connectivity index (χ4v) is 3.00. The number of rotatable bonds is 2. The first kappa shape index (κ1) is 12.1. The summed E-state index contributed by atoms with van der Waals surface area (Å²) in [6, 6.07) is 0.193. The lowest BCUT2D eigenvalue weighted by Gasteiger charge is -2.41. The lowest BCUT2D eigenvalue weighted by molar-refractivity contribution is -0.128. The maximum Gasteiger partial charge on any atom is 0.149 e. The molecule has 2 rings (SSSR count). The number of ether oxygens (including phenoxy) is 1. The number of Topliss-reactive ketones (excluding diaryl/α,β-unsaturated/α-hetero) is 1. The molecule has 3 unspecified atom stereocenters. The maximum atomic E-state index is 11.9. The lowest BCUT2D eigenvalue weighted by Crippen LogP contribution is -2.51. The molecule has 92 valence electrons. The van der Waals surface area contributed by atoms with E-state index in [9.17, 15) is 4.79 Å². The average molecular weight is 225 g/mol. The van der Waals surface area contributed by atoms with Crippen molar-refractivity contribution in [2.75, 3.05) is 20.2 Å². The van der Waals surface area contributed by atoms with Gasteiger partial charge in [-0.3, -0.25) is 9.69 Å². The number of carbonyl (C=O) groups is 1. The minimum absolute atomic E-state index is 0.193. The number of ketones is 1. The van der Waals surface area contributed by atoms with E-state index in [-0.39, 0.29) is 6.04 Å². The summed E-state index contributed by atoms with van der Waals surface area (Å²) in [6.45, 7) is 4.25.